The van der Waals surface area contributed by atoms with Crippen LogP contribution in [0.5, 0.6) is 0 Å². The van der Waals surface area contributed by atoms with Gasteiger partial charge in [-0.15, -0.1) is 17.9 Å². The molecule has 1 heterocycles. The number of carbonyl (C=O) groups is 1. The fourth-order valence-corrected chi connectivity index (χ4v) is 5.07. The van der Waals surface area contributed by atoms with Crippen molar-refractivity contribution in [2.24, 2.45) is 0 Å². The predicted molar refractivity (Wildman–Crippen MR) is 122 cm³/mol. The Bertz CT molecular complexity index is 1190. The Labute approximate surface area is 182 Å². The van der Waals surface area contributed by atoms with E-state index in [0.717, 1.165) is 10.1 Å². The molecule has 0 saturated heterocycles. The molecule has 0 atom stereocenters. The second-order valence-corrected chi connectivity index (χ2v) is 9.42. The maximum atomic E-state index is 12.5. The zero-order valence-corrected chi connectivity index (χ0v) is 18.1. The van der Waals surface area contributed by atoms with Crippen molar-refractivity contribution in [2.45, 2.75) is 4.90 Å². The van der Waals surface area contributed by atoms with Gasteiger partial charge in [-0.3, -0.25) is 10.1 Å². The lowest BCUT2D eigenvalue weighted by atomic mass is 10.2. The molecule has 10 heteroatoms. The second-order valence-electron chi connectivity index (χ2n) is 5.81. The molecule has 0 aliphatic carbocycles. The van der Waals surface area contributed by atoms with E-state index in [1.807, 2.05) is 24.3 Å². The van der Waals surface area contributed by atoms with Gasteiger partial charge in [-0.2, -0.15) is 0 Å². The molecule has 0 saturated carbocycles. The first kappa shape index (κ1) is 21.4. The first-order valence-corrected chi connectivity index (χ1v) is 11.4. The number of nitrogens with one attached hydrogen (secondary N) is 3. The lowest BCUT2D eigenvalue weighted by Crippen LogP contribution is -2.33. The van der Waals surface area contributed by atoms with E-state index >= 15 is 0 Å². The van der Waals surface area contributed by atoms with Crippen LogP contribution >= 0.6 is 35.2 Å². The molecule has 0 aliphatic rings. The van der Waals surface area contributed by atoms with Crippen molar-refractivity contribution in [3.8, 4) is 0 Å². The number of benzene rings is 2. The van der Waals surface area contributed by atoms with Crippen LogP contribution in [0.15, 0.2) is 66.1 Å². The minimum Gasteiger partial charge on any atom is -0.332 e. The molecule has 29 heavy (non-hydrogen) atoms. The van der Waals surface area contributed by atoms with E-state index in [2.05, 4.69) is 21.9 Å². The Morgan fingerprint density at radius 3 is 2.52 bits per heavy atom. The van der Waals surface area contributed by atoms with Crippen molar-refractivity contribution in [3.63, 3.8) is 0 Å². The summed E-state index contributed by atoms with van der Waals surface area (Å²) < 4.78 is 27.4. The number of hydrogen-bond acceptors (Lipinski definition) is 5. The quantitative estimate of drug-likeness (QED) is 0.376. The number of thiophene rings is 1. The van der Waals surface area contributed by atoms with Crippen LogP contribution < -0.4 is 15.4 Å². The molecule has 6 nitrogen and oxygen atoms in total. The van der Waals surface area contributed by atoms with E-state index in [-0.39, 0.29) is 16.6 Å². The fraction of sp³-hybridized carbons (Fsp3) is 0.0526. The summed E-state index contributed by atoms with van der Waals surface area (Å²) in [7, 11) is -3.61. The third-order valence-electron chi connectivity index (χ3n) is 3.81. The van der Waals surface area contributed by atoms with Crippen molar-refractivity contribution in [3.05, 3.63) is 71.1 Å². The number of fused-ring (bicyclic) bond motifs is 1. The van der Waals surface area contributed by atoms with E-state index in [1.54, 1.807) is 12.1 Å². The van der Waals surface area contributed by atoms with Gasteiger partial charge in [0.25, 0.3) is 5.91 Å². The lowest BCUT2D eigenvalue weighted by Gasteiger charge is -2.10. The van der Waals surface area contributed by atoms with Gasteiger partial charge in [0.2, 0.25) is 10.0 Å². The molecule has 2 aromatic carbocycles. The van der Waals surface area contributed by atoms with Crippen molar-refractivity contribution in [1.82, 2.24) is 10.0 Å². The van der Waals surface area contributed by atoms with Gasteiger partial charge in [0.05, 0.1) is 9.92 Å². The molecule has 0 bridgehead atoms. The smallest absolute Gasteiger partial charge is 0.269 e. The van der Waals surface area contributed by atoms with Gasteiger partial charge in [-0.25, -0.2) is 13.1 Å². The molecule has 0 aliphatic heterocycles. The van der Waals surface area contributed by atoms with Gasteiger partial charge < -0.3 is 5.32 Å². The number of thiocarbonyl (C=S) groups is 1. The topological polar surface area (TPSA) is 87.3 Å². The van der Waals surface area contributed by atoms with Crippen molar-refractivity contribution in [1.29, 1.82) is 0 Å². The molecule has 0 unspecified atom stereocenters. The maximum absolute atomic E-state index is 12.5. The van der Waals surface area contributed by atoms with E-state index in [1.165, 1.54) is 29.5 Å². The summed E-state index contributed by atoms with van der Waals surface area (Å²) in [6.45, 7) is 3.61. The van der Waals surface area contributed by atoms with Gasteiger partial charge in [0.15, 0.2) is 5.11 Å². The van der Waals surface area contributed by atoms with E-state index in [9.17, 15) is 13.2 Å². The zero-order chi connectivity index (χ0) is 21.0. The monoisotopic (exact) mass is 465 g/mol. The van der Waals surface area contributed by atoms with Gasteiger partial charge in [0.1, 0.15) is 4.88 Å². The summed E-state index contributed by atoms with van der Waals surface area (Å²) in [5.41, 5.74) is 0.528. The summed E-state index contributed by atoms with van der Waals surface area (Å²) in [4.78, 5) is 13.0. The highest BCUT2D eigenvalue weighted by Gasteiger charge is 2.18. The minimum absolute atomic E-state index is 0.0731. The molecular weight excluding hydrogens is 450 g/mol. The maximum Gasteiger partial charge on any atom is 0.269 e. The first-order chi connectivity index (χ1) is 13.8. The Morgan fingerprint density at radius 1 is 1.17 bits per heavy atom. The average molecular weight is 466 g/mol. The van der Waals surface area contributed by atoms with Crippen LogP contribution in [0, 0.1) is 0 Å². The predicted octanol–water partition coefficient (Wildman–Crippen LogP) is 4.15. The fourth-order valence-electron chi connectivity index (χ4n) is 2.45. The zero-order valence-electron chi connectivity index (χ0n) is 14.9. The van der Waals surface area contributed by atoms with Gasteiger partial charge >= 0.3 is 0 Å². The third-order valence-corrected chi connectivity index (χ3v) is 7.13. The second kappa shape index (κ2) is 9.02. The molecule has 150 valence electrons. The number of rotatable bonds is 6. The molecule has 1 aromatic heterocycles. The number of amides is 1. The third kappa shape index (κ3) is 5.01. The van der Waals surface area contributed by atoms with Crippen LogP contribution in [-0.4, -0.2) is 26.0 Å². The Morgan fingerprint density at radius 2 is 1.86 bits per heavy atom. The van der Waals surface area contributed by atoms with Crippen LogP contribution in [0.1, 0.15) is 9.67 Å². The van der Waals surface area contributed by atoms with E-state index < -0.39 is 15.9 Å². The number of anilines is 1. The molecule has 3 aromatic rings. The van der Waals surface area contributed by atoms with Crippen molar-refractivity contribution in [2.75, 3.05) is 11.9 Å². The highest BCUT2D eigenvalue weighted by Crippen LogP contribution is 2.34. The summed E-state index contributed by atoms with van der Waals surface area (Å²) in [5.74, 6) is -0.415. The van der Waals surface area contributed by atoms with Crippen LogP contribution in [0.4, 0.5) is 5.69 Å². The summed E-state index contributed by atoms with van der Waals surface area (Å²) >= 11 is 12.8. The van der Waals surface area contributed by atoms with Crippen LogP contribution in [-0.2, 0) is 10.0 Å². The van der Waals surface area contributed by atoms with E-state index in [4.69, 9.17) is 23.8 Å². The van der Waals surface area contributed by atoms with Gasteiger partial charge in [-0.05, 0) is 42.5 Å². The minimum atomic E-state index is -3.61. The van der Waals surface area contributed by atoms with Crippen LogP contribution in [0.25, 0.3) is 10.1 Å². The largest absolute Gasteiger partial charge is 0.332 e. The molecule has 0 spiro atoms. The lowest BCUT2D eigenvalue weighted by molar-refractivity contribution is 0.0982. The highest BCUT2D eigenvalue weighted by molar-refractivity contribution is 7.89. The first-order valence-electron chi connectivity index (χ1n) is 8.32. The average Bonchev–Trinajstić information content (AvgIpc) is 3.04. The standard InChI is InChI=1S/C19H16ClN3O3S3/c1-2-11-21-29(25,26)13-9-7-12(8-10-13)22-19(27)23-18(24)17-16(20)14-5-3-4-6-15(14)28-17/h2-10,21H,1,11H2,(H2,22,23,24,27). The van der Waals surface area contributed by atoms with Crippen LogP contribution in [0.3, 0.4) is 0 Å². The SMILES string of the molecule is C=CCNS(=O)(=O)c1ccc(NC(=S)NC(=O)c2sc3ccccc3c2Cl)cc1. The summed E-state index contributed by atoms with van der Waals surface area (Å²) in [6, 6.07) is 13.4. The summed E-state index contributed by atoms with van der Waals surface area (Å²) in [6.07, 6.45) is 1.46. The molecule has 1 amide bonds. The van der Waals surface area contributed by atoms with E-state index in [0.29, 0.717) is 15.6 Å². The number of hydrogen-bond donors (Lipinski definition) is 3. The highest BCUT2D eigenvalue weighted by atomic mass is 35.5. The number of halogens is 1. The molecular formula is C19H16ClN3O3S3. The Kier molecular flexibility index (Phi) is 6.66. The molecule has 3 N–H and O–H groups in total. The molecule has 0 radical (unpaired) electrons. The number of sulfonamides is 1. The van der Waals surface area contributed by atoms with Crippen molar-refractivity contribution < 1.29 is 13.2 Å². The summed E-state index contributed by atoms with van der Waals surface area (Å²) in [5, 5.41) is 6.70. The van der Waals surface area contributed by atoms with Gasteiger partial charge in [0, 0.05) is 22.3 Å². The Balaban J connectivity index is 1.66. The van der Waals surface area contributed by atoms with Crippen molar-refractivity contribution >= 4 is 72.0 Å². The number of carbonyl (C=O) groups excluding carboxylic acids is 1. The Hall–Kier alpha value is -2.30. The van der Waals surface area contributed by atoms with Gasteiger partial charge in [-0.1, -0.05) is 35.9 Å². The van der Waals surface area contributed by atoms with Crippen LogP contribution in [0.2, 0.25) is 5.02 Å². The molecule has 3 rings (SSSR count). The normalized spacial score (nSPS) is 11.2. The molecule has 0 fully saturated rings.